The van der Waals surface area contributed by atoms with Gasteiger partial charge in [0.25, 0.3) is 0 Å². The van der Waals surface area contributed by atoms with Gasteiger partial charge in [0, 0.05) is 19.3 Å². The zero-order valence-corrected chi connectivity index (χ0v) is 44.6. The van der Waals surface area contributed by atoms with E-state index in [1.807, 2.05) is 6.92 Å². The molecule has 8 fully saturated rings. The molecule has 0 aromatic heterocycles. The molecule has 0 radical (unpaired) electrons. The summed E-state index contributed by atoms with van der Waals surface area (Å²) in [5, 5.41) is 129. The van der Waals surface area contributed by atoms with Gasteiger partial charge >= 0.3 is 5.97 Å². The molecule has 4 aliphatic carbocycles. The van der Waals surface area contributed by atoms with Crippen LogP contribution in [0.3, 0.4) is 0 Å². The third kappa shape index (κ3) is 10.7. The first-order valence-corrected chi connectivity index (χ1v) is 27.7. The SMILES string of the molecule is CC(=O)O[C@H]1[C@H](O[C@H]2[C@H](O[C@H]3CC[C@@]4(C)C(=CC[C@H]5[C@@H]6C[C@@H]7O[C@](O)(CC[C@@H](C)CO[C@@H]8O[C@H](CO)[C@@H](O)[C@H](O)[C@H]8O)[C@@H](C)[C@@H]7[C@@]6(C)CC[C@@H]54)C3)O[C@H](CO)[C@@H](O[C@@H]3O[C@@H](C)[C@H](O)[C@@H](O)[C@H]3O)[C@H]2O)O[C@@H](C)[C@H](O)[C@H]1O. The topological polar surface area (TPSA) is 352 Å². The van der Waals surface area contributed by atoms with Crippen LogP contribution in [0.5, 0.6) is 0 Å². The van der Waals surface area contributed by atoms with E-state index in [4.69, 9.17) is 47.4 Å². The molecule has 0 aromatic carbocycles. The Hall–Kier alpha value is -1.63. The Labute approximate surface area is 443 Å². The number of aliphatic hydroxyl groups is 12. The summed E-state index contributed by atoms with van der Waals surface area (Å²) in [5.74, 6) is -1.12. The molecule has 23 heteroatoms. The summed E-state index contributed by atoms with van der Waals surface area (Å²) < 4.78 is 60.5. The number of ether oxygens (including phenoxy) is 10. The Morgan fingerprint density at radius 3 is 2.00 bits per heavy atom. The van der Waals surface area contributed by atoms with Gasteiger partial charge in [-0.2, -0.15) is 0 Å². The van der Waals surface area contributed by atoms with Crippen molar-refractivity contribution in [1.29, 1.82) is 0 Å². The summed E-state index contributed by atoms with van der Waals surface area (Å²) in [6.45, 7) is 11.7. The van der Waals surface area contributed by atoms with Crippen LogP contribution < -0.4 is 0 Å². The fourth-order valence-corrected chi connectivity index (χ4v) is 15.2. The number of hydrogen-bond acceptors (Lipinski definition) is 23. The van der Waals surface area contributed by atoms with Crippen molar-refractivity contribution in [3.8, 4) is 0 Å². The Bertz CT molecular complexity index is 2020. The van der Waals surface area contributed by atoms with Crippen LogP contribution >= 0.6 is 0 Å². The molecule has 5 saturated heterocycles. The Morgan fingerprint density at radius 1 is 0.697 bits per heavy atom. The van der Waals surface area contributed by atoms with Gasteiger partial charge in [-0.3, -0.25) is 4.79 Å². The number of allylic oxidation sites excluding steroid dienone is 1. The highest BCUT2D eigenvalue weighted by Crippen LogP contribution is 2.70. The molecule has 5 heterocycles. The van der Waals surface area contributed by atoms with Gasteiger partial charge in [-0.15, -0.1) is 0 Å². The molecule has 3 saturated carbocycles. The Morgan fingerprint density at radius 2 is 1.32 bits per heavy atom. The minimum Gasteiger partial charge on any atom is -0.454 e. The number of esters is 1. The second-order valence-electron chi connectivity index (χ2n) is 24.4. The van der Waals surface area contributed by atoms with E-state index < -0.39 is 154 Å². The fourth-order valence-electron chi connectivity index (χ4n) is 15.2. The molecule has 76 heavy (non-hydrogen) atoms. The maximum atomic E-state index is 12.2. The number of hydrogen-bond donors (Lipinski definition) is 12. The number of rotatable bonds is 15. The van der Waals surface area contributed by atoms with Crippen LogP contribution in [-0.2, 0) is 52.2 Å². The standard InChI is InChI=1S/C53H86O23/c1-21(20-67-47-41(63)39(61)37(59)32(18-54)72-47)10-15-53(66)22(2)34-31(76-53)17-30-28-9-8-26-16-27(11-13-51(26,6)29(28)12-14-52(30,34)7)71-50-46(75-49-45(70-25(5)56)40(62)36(58)24(4)69-49)43(65)44(33(19-55)73-50)74-48-42(64)38(60)35(57)23(3)68-48/h8,21-24,27-50,54-55,57-66H,9-20H2,1-7H3/t21-,22+,23+,24+,27+,28-,29+,30+,31+,32-,33-,34+,35+,36+,37-,38-,39+,40-,41-,42-,43-,44-,45-,46-,47-,48+,49+,50-,51+,52+,53-/m1/s1. The lowest BCUT2D eigenvalue weighted by molar-refractivity contribution is -0.388. The van der Waals surface area contributed by atoms with Crippen molar-refractivity contribution in [2.75, 3.05) is 19.8 Å². The molecule has 0 aromatic rings. The number of carbonyl (C=O) groups excluding carboxylic acids is 1. The van der Waals surface area contributed by atoms with E-state index in [2.05, 4.69) is 26.8 Å². The Balaban J connectivity index is 0.863. The zero-order chi connectivity index (χ0) is 55.1. The molecule has 5 aliphatic heterocycles. The van der Waals surface area contributed by atoms with Gasteiger partial charge in [0.15, 0.2) is 37.1 Å². The first-order chi connectivity index (χ1) is 35.8. The first-order valence-electron chi connectivity index (χ1n) is 27.7. The van der Waals surface area contributed by atoms with Gasteiger partial charge in [-0.05, 0) is 106 Å². The number of carbonyl (C=O) groups is 1. The summed E-state index contributed by atoms with van der Waals surface area (Å²) in [6.07, 6.45) is -20.8. The molecule has 31 atom stereocenters. The van der Waals surface area contributed by atoms with E-state index in [1.165, 1.54) is 19.4 Å². The molecule has 436 valence electrons. The van der Waals surface area contributed by atoms with E-state index in [0.29, 0.717) is 43.4 Å². The molecule has 23 nitrogen and oxygen atoms in total. The van der Waals surface area contributed by atoms with Gasteiger partial charge < -0.3 is 109 Å². The quantitative estimate of drug-likeness (QED) is 0.0662. The van der Waals surface area contributed by atoms with Gasteiger partial charge in [0.2, 0.25) is 0 Å². The molecular weight excluding hydrogens is 1000 g/mol. The molecule has 12 N–H and O–H groups in total. The van der Waals surface area contributed by atoms with Gasteiger partial charge in [-0.1, -0.05) is 39.3 Å². The van der Waals surface area contributed by atoms with Crippen LogP contribution in [0, 0.1) is 46.3 Å². The predicted molar refractivity (Wildman–Crippen MR) is 258 cm³/mol. The van der Waals surface area contributed by atoms with Gasteiger partial charge in [0.1, 0.15) is 79.4 Å². The lowest BCUT2D eigenvalue weighted by Crippen LogP contribution is -2.67. The van der Waals surface area contributed by atoms with Crippen molar-refractivity contribution in [3.63, 3.8) is 0 Å². The van der Waals surface area contributed by atoms with Crippen LogP contribution in [0.4, 0.5) is 0 Å². The van der Waals surface area contributed by atoms with Crippen LogP contribution in [0.15, 0.2) is 11.6 Å². The van der Waals surface area contributed by atoms with Crippen LogP contribution in [0.2, 0.25) is 0 Å². The Kier molecular flexibility index (Phi) is 17.8. The van der Waals surface area contributed by atoms with Crippen molar-refractivity contribution in [2.24, 2.45) is 46.3 Å². The highest BCUT2D eigenvalue weighted by molar-refractivity contribution is 5.66. The number of aliphatic hydroxyl groups excluding tert-OH is 11. The third-order valence-electron chi connectivity index (χ3n) is 19.7. The third-order valence-corrected chi connectivity index (χ3v) is 19.7. The van der Waals surface area contributed by atoms with Crippen molar-refractivity contribution >= 4 is 5.97 Å². The molecule has 0 spiro atoms. The normalized spacial score (nSPS) is 53.7. The lowest BCUT2D eigenvalue weighted by Gasteiger charge is -2.58. The van der Waals surface area contributed by atoms with Gasteiger partial charge in [-0.25, -0.2) is 0 Å². The predicted octanol–water partition coefficient (Wildman–Crippen LogP) is -1.41. The first kappa shape index (κ1) is 59.0. The summed E-state index contributed by atoms with van der Waals surface area (Å²) in [7, 11) is 0. The molecule has 0 unspecified atom stereocenters. The van der Waals surface area contributed by atoms with Crippen LogP contribution in [0.1, 0.15) is 106 Å². The second kappa shape index (κ2) is 23.0. The zero-order valence-electron chi connectivity index (χ0n) is 44.6. The molecular formula is C53H86O23. The van der Waals surface area contributed by atoms with Gasteiger partial charge in [0.05, 0.1) is 44.2 Å². The van der Waals surface area contributed by atoms with Crippen molar-refractivity contribution < 1.29 is 113 Å². The highest BCUT2D eigenvalue weighted by atomic mass is 16.8. The highest BCUT2D eigenvalue weighted by Gasteiger charge is 2.68. The monoisotopic (exact) mass is 1090 g/mol. The minimum atomic E-state index is -1.76. The summed E-state index contributed by atoms with van der Waals surface area (Å²) >= 11 is 0. The lowest BCUT2D eigenvalue weighted by atomic mass is 9.47. The van der Waals surface area contributed by atoms with Crippen molar-refractivity contribution in [3.05, 3.63) is 11.6 Å². The second-order valence-corrected chi connectivity index (χ2v) is 24.4. The maximum Gasteiger partial charge on any atom is 0.303 e. The largest absolute Gasteiger partial charge is 0.454 e. The van der Waals surface area contributed by atoms with Crippen LogP contribution in [0.25, 0.3) is 0 Å². The molecule has 0 amide bonds. The number of fused-ring (bicyclic) bond motifs is 7. The average molecular weight is 1090 g/mol. The van der Waals surface area contributed by atoms with Crippen molar-refractivity contribution in [2.45, 2.75) is 247 Å². The molecule has 9 rings (SSSR count). The molecule has 0 bridgehead atoms. The fraction of sp³-hybridized carbons (Fsp3) is 0.943. The smallest absolute Gasteiger partial charge is 0.303 e. The molecule has 9 aliphatic rings. The van der Waals surface area contributed by atoms with E-state index >= 15 is 0 Å². The summed E-state index contributed by atoms with van der Waals surface area (Å²) in [4.78, 5) is 12.2. The maximum absolute atomic E-state index is 12.2. The van der Waals surface area contributed by atoms with Crippen LogP contribution in [-0.4, -0.2) is 228 Å². The van der Waals surface area contributed by atoms with E-state index in [-0.39, 0.29) is 41.3 Å². The summed E-state index contributed by atoms with van der Waals surface area (Å²) in [5.41, 5.74) is 1.02. The minimum absolute atomic E-state index is 0.0719. The van der Waals surface area contributed by atoms with E-state index in [9.17, 15) is 66.1 Å². The average Bonchev–Trinajstić information content (AvgIpc) is 3.95. The van der Waals surface area contributed by atoms with Crippen molar-refractivity contribution in [1.82, 2.24) is 0 Å². The van der Waals surface area contributed by atoms with E-state index in [0.717, 1.165) is 39.0 Å². The van der Waals surface area contributed by atoms with E-state index in [1.54, 1.807) is 0 Å². The summed E-state index contributed by atoms with van der Waals surface area (Å²) in [6, 6.07) is 0.